The normalized spacial score (nSPS) is 10.6. The largest absolute Gasteiger partial charge is 0.205 e. The Labute approximate surface area is 174 Å². The predicted octanol–water partition coefficient (Wildman–Crippen LogP) is 7.62. The average Bonchev–Trinajstić information content (AvgIpc) is 2.75. The van der Waals surface area contributed by atoms with Crippen molar-refractivity contribution in [2.75, 3.05) is 0 Å². The van der Waals surface area contributed by atoms with Crippen LogP contribution < -0.4 is 0 Å². The van der Waals surface area contributed by atoms with E-state index in [2.05, 4.69) is 43.5 Å². The van der Waals surface area contributed by atoms with E-state index in [-0.39, 0.29) is 5.82 Å². The first kappa shape index (κ1) is 20.9. The van der Waals surface area contributed by atoms with Crippen LogP contribution in [0.15, 0.2) is 67.3 Å². The van der Waals surface area contributed by atoms with Gasteiger partial charge in [-0.05, 0) is 60.4 Å². The van der Waals surface area contributed by atoms with E-state index in [9.17, 15) is 4.39 Å². The molecule has 0 aromatic heterocycles. The Morgan fingerprint density at radius 2 is 1.66 bits per heavy atom. The molecule has 1 heteroatoms. The number of hydrogen-bond donors (Lipinski definition) is 0. The Morgan fingerprint density at radius 3 is 2.41 bits per heavy atom. The van der Waals surface area contributed by atoms with Gasteiger partial charge in [0.1, 0.15) is 5.82 Å². The minimum Gasteiger partial charge on any atom is -0.205 e. The standard InChI is InChI=1S/C28H29F/c1-3-5-7-8-10-22-11-13-23(14-12-22)15-17-25-18-19-26-21-24(9-6-4-2)16-20-27(26)28(25)29/h4,11-14,16,18-21H,2-3,5-10H2,1H3. The summed E-state index contributed by atoms with van der Waals surface area (Å²) in [6.45, 7) is 5.99. The van der Waals surface area contributed by atoms with E-state index in [0.717, 1.165) is 30.2 Å². The van der Waals surface area contributed by atoms with Crippen molar-refractivity contribution < 1.29 is 4.39 Å². The molecule has 0 radical (unpaired) electrons. The fourth-order valence-corrected chi connectivity index (χ4v) is 3.51. The van der Waals surface area contributed by atoms with Gasteiger partial charge in [0.05, 0.1) is 5.56 Å². The Bertz CT molecular complexity index is 1020. The van der Waals surface area contributed by atoms with E-state index >= 15 is 0 Å². The maximum absolute atomic E-state index is 14.9. The third-order valence-electron chi connectivity index (χ3n) is 5.27. The molecular formula is C28H29F. The number of halogens is 1. The molecule has 3 aromatic rings. The van der Waals surface area contributed by atoms with Gasteiger partial charge in [0.15, 0.2) is 0 Å². The van der Waals surface area contributed by atoms with Crippen LogP contribution in [0.3, 0.4) is 0 Å². The SMILES string of the molecule is C=CCCc1ccc2c(F)c(C#Cc3ccc(CCCCCC)cc3)ccc2c1. The monoisotopic (exact) mass is 384 g/mol. The van der Waals surface area contributed by atoms with Gasteiger partial charge in [0.2, 0.25) is 0 Å². The van der Waals surface area contributed by atoms with Crippen LogP contribution >= 0.6 is 0 Å². The van der Waals surface area contributed by atoms with Crippen LogP contribution in [0.5, 0.6) is 0 Å². The highest BCUT2D eigenvalue weighted by molar-refractivity contribution is 5.85. The zero-order chi connectivity index (χ0) is 20.5. The minimum atomic E-state index is -0.238. The van der Waals surface area contributed by atoms with Gasteiger partial charge >= 0.3 is 0 Å². The summed E-state index contributed by atoms with van der Waals surface area (Å²) in [7, 11) is 0. The van der Waals surface area contributed by atoms with Crippen molar-refractivity contribution in [3.63, 3.8) is 0 Å². The molecule has 0 heterocycles. The summed E-state index contributed by atoms with van der Waals surface area (Å²) in [6, 6.07) is 18.0. The lowest BCUT2D eigenvalue weighted by Gasteiger charge is -2.05. The van der Waals surface area contributed by atoms with Gasteiger partial charge in [0, 0.05) is 10.9 Å². The molecule has 3 aromatic carbocycles. The highest BCUT2D eigenvalue weighted by Gasteiger charge is 2.06. The van der Waals surface area contributed by atoms with Gasteiger partial charge in [-0.2, -0.15) is 0 Å². The van der Waals surface area contributed by atoms with Crippen molar-refractivity contribution in [3.05, 3.63) is 95.3 Å². The fourth-order valence-electron chi connectivity index (χ4n) is 3.51. The van der Waals surface area contributed by atoms with E-state index < -0.39 is 0 Å². The van der Waals surface area contributed by atoms with E-state index in [1.807, 2.05) is 36.4 Å². The molecule has 0 fully saturated rings. The van der Waals surface area contributed by atoms with E-state index in [4.69, 9.17) is 0 Å². The number of fused-ring (bicyclic) bond motifs is 1. The molecule has 0 saturated carbocycles. The highest BCUT2D eigenvalue weighted by Crippen LogP contribution is 2.23. The fraction of sp³-hybridized carbons (Fsp3) is 0.286. The Kier molecular flexibility index (Phi) is 7.65. The summed E-state index contributed by atoms with van der Waals surface area (Å²) >= 11 is 0. The zero-order valence-corrected chi connectivity index (χ0v) is 17.3. The average molecular weight is 385 g/mol. The second-order valence-electron chi connectivity index (χ2n) is 7.57. The lowest BCUT2D eigenvalue weighted by atomic mass is 10.0. The van der Waals surface area contributed by atoms with Crippen molar-refractivity contribution >= 4 is 10.8 Å². The first-order valence-electron chi connectivity index (χ1n) is 10.6. The summed E-state index contributed by atoms with van der Waals surface area (Å²) in [4.78, 5) is 0. The van der Waals surface area contributed by atoms with Crippen LogP contribution in [0.25, 0.3) is 10.8 Å². The first-order valence-corrected chi connectivity index (χ1v) is 10.6. The second-order valence-corrected chi connectivity index (χ2v) is 7.57. The quantitative estimate of drug-likeness (QED) is 0.213. The van der Waals surface area contributed by atoms with Gasteiger partial charge in [0.25, 0.3) is 0 Å². The summed E-state index contributed by atoms with van der Waals surface area (Å²) in [6.07, 6.45) is 9.95. The molecule has 0 saturated heterocycles. The Hall–Kier alpha value is -2.85. The molecule has 0 N–H and O–H groups in total. The lowest BCUT2D eigenvalue weighted by molar-refractivity contribution is 0.636. The molecule has 0 amide bonds. The molecule has 3 rings (SSSR count). The van der Waals surface area contributed by atoms with Crippen LogP contribution in [0.1, 0.15) is 61.3 Å². The van der Waals surface area contributed by atoms with E-state index in [1.165, 1.54) is 36.8 Å². The van der Waals surface area contributed by atoms with Crippen molar-refractivity contribution in [1.29, 1.82) is 0 Å². The number of allylic oxidation sites excluding steroid dienone is 1. The molecular weight excluding hydrogens is 355 g/mol. The number of unbranched alkanes of at least 4 members (excludes halogenated alkanes) is 3. The third kappa shape index (κ3) is 5.81. The minimum absolute atomic E-state index is 0.238. The zero-order valence-electron chi connectivity index (χ0n) is 17.3. The van der Waals surface area contributed by atoms with Gasteiger partial charge in [-0.15, -0.1) is 6.58 Å². The Morgan fingerprint density at radius 1 is 0.862 bits per heavy atom. The summed E-state index contributed by atoms with van der Waals surface area (Å²) in [5, 5.41) is 1.55. The molecule has 148 valence electrons. The summed E-state index contributed by atoms with van der Waals surface area (Å²) in [5.74, 6) is 5.88. The Balaban J connectivity index is 1.72. The van der Waals surface area contributed by atoms with Crippen molar-refractivity contribution in [1.82, 2.24) is 0 Å². The van der Waals surface area contributed by atoms with Crippen LogP contribution in [-0.2, 0) is 12.8 Å². The number of hydrogen-bond acceptors (Lipinski definition) is 0. The number of benzene rings is 3. The van der Waals surface area contributed by atoms with Crippen molar-refractivity contribution in [3.8, 4) is 11.8 Å². The topological polar surface area (TPSA) is 0 Å². The van der Waals surface area contributed by atoms with Crippen LogP contribution in [0.2, 0.25) is 0 Å². The maximum atomic E-state index is 14.9. The molecule has 0 spiro atoms. The van der Waals surface area contributed by atoms with Crippen LogP contribution in [-0.4, -0.2) is 0 Å². The highest BCUT2D eigenvalue weighted by atomic mass is 19.1. The molecule has 0 bridgehead atoms. The summed E-state index contributed by atoms with van der Waals surface area (Å²) < 4.78 is 14.9. The lowest BCUT2D eigenvalue weighted by Crippen LogP contribution is -1.90. The van der Waals surface area contributed by atoms with Gasteiger partial charge in [-0.3, -0.25) is 0 Å². The van der Waals surface area contributed by atoms with Crippen LogP contribution in [0, 0.1) is 17.7 Å². The molecule has 0 unspecified atom stereocenters. The third-order valence-corrected chi connectivity index (χ3v) is 5.27. The van der Waals surface area contributed by atoms with Gasteiger partial charge in [-0.25, -0.2) is 4.39 Å². The molecule has 0 aliphatic heterocycles. The summed E-state index contributed by atoms with van der Waals surface area (Å²) in [5.41, 5.74) is 3.91. The van der Waals surface area contributed by atoms with Crippen molar-refractivity contribution in [2.45, 2.75) is 51.9 Å². The van der Waals surface area contributed by atoms with Gasteiger partial charge < -0.3 is 0 Å². The molecule has 0 aliphatic carbocycles. The molecule has 0 atom stereocenters. The van der Waals surface area contributed by atoms with Crippen LogP contribution in [0.4, 0.5) is 4.39 Å². The van der Waals surface area contributed by atoms with E-state index in [0.29, 0.717) is 10.9 Å². The molecule has 29 heavy (non-hydrogen) atoms. The van der Waals surface area contributed by atoms with Crippen molar-refractivity contribution in [2.24, 2.45) is 0 Å². The predicted molar refractivity (Wildman–Crippen MR) is 123 cm³/mol. The molecule has 0 nitrogen and oxygen atoms in total. The van der Waals surface area contributed by atoms with E-state index in [1.54, 1.807) is 6.07 Å². The maximum Gasteiger partial charge on any atom is 0.146 e. The second kappa shape index (κ2) is 10.6. The smallest absolute Gasteiger partial charge is 0.146 e. The first-order chi connectivity index (χ1) is 14.2. The molecule has 0 aliphatic rings. The number of aryl methyl sites for hydroxylation is 2. The number of rotatable bonds is 8. The van der Waals surface area contributed by atoms with Gasteiger partial charge in [-0.1, -0.05) is 80.5 Å².